The van der Waals surface area contributed by atoms with E-state index in [9.17, 15) is 9.59 Å². The number of H-pyrrole nitrogens is 1. The van der Waals surface area contributed by atoms with Crippen LogP contribution in [0.2, 0.25) is 0 Å². The van der Waals surface area contributed by atoms with Crippen molar-refractivity contribution in [3.63, 3.8) is 0 Å². The second-order valence-electron chi connectivity index (χ2n) is 7.61. The molecule has 2 amide bonds. The van der Waals surface area contributed by atoms with Crippen molar-refractivity contribution in [1.82, 2.24) is 24.6 Å². The fraction of sp³-hybridized carbons (Fsp3) is 0.304. The Kier molecular flexibility index (Phi) is 7.02. The van der Waals surface area contributed by atoms with Crippen molar-refractivity contribution in [3.05, 3.63) is 70.0 Å². The maximum atomic E-state index is 13.1. The summed E-state index contributed by atoms with van der Waals surface area (Å²) in [7, 11) is 3.44. The lowest BCUT2D eigenvalue weighted by Gasteiger charge is -2.22. The number of rotatable bonds is 7. The molecule has 2 aromatic carbocycles. The van der Waals surface area contributed by atoms with Gasteiger partial charge in [0.15, 0.2) is 10.6 Å². The zero-order chi connectivity index (χ0) is 22.5. The van der Waals surface area contributed by atoms with E-state index in [-0.39, 0.29) is 18.4 Å². The van der Waals surface area contributed by atoms with Crippen molar-refractivity contribution in [2.75, 3.05) is 20.6 Å². The normalized spacial score (nSPS) is 10.7. The van der Waals surface area contributed by atoms with E-state index in [1.807, 2.05) is 50.2 Å². The van der Waals surface area contributed by atoms with Gasteiger partial charge in [0, 0.05) is 38.3 Å². The summed E-state index contributed by atoms with van der Waals surface area (Å²) in [6, 6.07) is 15.3. The second kappa shape index (κ2) is 9.70. The first-order chi connectivity index (χ1) is 14.8. The monoisotopic (exact) mass is 437 g/mol. The van der Waals surface area contributed by atoms with E-state index >= 15 is 0 Å². The van der Waals surface area contributed by atoms with Gasteiger partial charge >= 0.3 is 0 Å². The van der Waals surface area contributed by atoms with Gasteiger partial charge in [0.1, 0.15) is 6.54 Å². The van der Waals surface area contributed by atoms with E-state index in [1.165, 1.54) is 4.90 Å². The highest BCUT2D eigenvalue weighted by molar-refractivity contribution is 7.71. The first kappa shape index (κ1) is 22.4. The number of carbonyl (C=O) groups excluding carboxylic acids is 2. The summed E-state index contributed by atoms with van der Waals surface area (Å²) in [5.74, 6) is 0.538. The Hall–Kier alpha value is -3.26. The summed E-state index contributed by atoms with van der Waals surface area (Å²) in [5.41, 5.74) is 3.63. The van der Waals surface area contributed by atoms with Gasteiger partial charge in [0.2, 0.25) is 5.91 Å². The third-order valence-corrected chi connectivity index (χ3v) is 5.39. The number of aryl methyl sites for hydroxylation is 1. The molecular weight excluding hydrogens is 410 g/mol. The van der Waals surface area contributed by atoms with Crippen LogP contribution in [0.5, 0.6) is 0 Å². The first-order valence-corrected chi connectivity index (χ1v) is 10.5. The van der Waals surface area contributed by atoms with Crippen molar-refractivity contribution in [2.45, 2.75) is 26.9 Å². The summed E-state index contributed by atoms with van der Waals surface area (Å²) in [6.45, 7) is 5.08. The van der Waals surface area contributed by atoms with Crippen LogP contribution < -0.4 is 0 Å². The molecule has 31 heavy (non-hydrogen) atoms. The van der Waals surface area contributed by atoms with E-state index in [0.29, 0.717) is 29.2 Å². The fourth-order valence-electron chi connectivity index (χ4n) is 3.23. The van der Waals surface area contributed by atoms with Crippen LogP contribution in [0.25, 0.3) is 11.4 Å². The largest absolute Gasteiger partial charge is 0.345 e. The van der Waals surface area contributed by atoms with Gasteiger partial charge in [-0.05, 0) is 43.8 Å². The standard InChI is InChI=1S/C23H27N5O2S/c1-5-27(14-17-8-12-19(13-9-17)22(30)26(3)4)20(29)15-28-21(24-25-23(28)31)18-10-6-16(2)7-11-18/h6-13H,5,14-15H2,1-4H3,(H,25,31). The van der Waals surface area contributed by atoms with Crippen molar-refractivity contribution >= 4 is 24.0 Å². The highest BCUT2D eigenvalue weighted by atomic mass is 32.1. The lowest BCUT2D eigenvalue weighted by Crippen LogP contribution is -2.33. The second-order valence-corrected chi connectivity index (χ2v) is 8.00. The quantitative estimate of drug-likeness (QED) is 0.573. The number of nitrogens with one attached hydrogen (secondary N) is 1. The van der Waals surface area contributed by atoms with Crippen LogP contribution in [0.3, 0.4) is 0 Å². The molecule has 1 aromatic heterocycles. The van der Waals surface area contributed by atoms with Gasteiger partial charge in [-0.25, -0.2) is 0 Å². The number of hydrogen-bond donors (Lipinski definition) is 1. The lowest BCUT2D eigenvalue weighted by molar-refractivity contribution is -0.132. The van der Waals surface area contributed by atoms with Crippen LogP contribution >= 0.6 is 12.2 Å². The molecule has 0 radical (unpaired) electrons. The molecule has 1 N–H and O–H groups in total. The molecule has 1 heterocycles. The molecule has 0 unspecified atom stereocenters. The summed E-state index contributed by atoms with van der Waals surface area (Å²) in [6.07, 6.45) is 0. The minimum Gasteiger partial charge on any atom is -0.345 e. The van der Waals surface area contributed by atoms with E-state index in [2.05, 4.69) is 10.2 Å². The zero-order valence-corrected chi connectivity index (χ0v) is 19.1. The van der Waals surface area contributed by atoms with E-state index in [4.69, 9.17) is 12.2 Å². The fourth-order valence-corrected chi connectivity index (χ4v) is 3.43. The Morgan fingerprint density at radius 2 is 1.71 bits per heavy atom. The van der Waals surface area contributed by atoms with Crippen LogP contribution in [-0.4, -0.2) is 57.0 Å². The molecule has 8 heteroatoms. The van der Waals surface area contributed by atoms with Gasteiger partial charge in [-0.1, -0.05) is 42.0 Å². The topological polar surface area (TPSA) is 74.2 Å². The molecule has 7 nitrogen and oxygen atoms in total. The zero-order valence-electron chi connectivity index (χ0n) is 18.3. The molecule has 0 aliphatic heterocycles. The minimum absolute atomic E-state index is 0.0482. The van der Waals surface area contributed by atoms with Crippen molar-refractivity contribution < 1.29 is 9.59 Å². The van der Waals surface area contributed by atoms with Crippen LogP contribution in [0.1, 0.15) is 28.4 Å². The molecule has 0 aliphatic carbocycles. The molecule has 0 saturated carbocycles. The molecule has 3 rings (SSSR count). The summed E-state index contributed by atoms with van der Waals surface area (Å²) in [5, 5.41) is 7.11. The Morgan fingerprint density at radius 3 is 2.29 bits per heavy atom. The number of hydrogen-bond acceptors (Lipinski definition) is 4. The molecule has 0 atom stereocenters. The van der Waals surface area contributed by atoms with Gasteiger partial charge in [-0.3, -0.25) is 19.3 Å². The Bertz CT molecular complexity index is 1110. The number of amides is 2. The van der Waals surface area contributed by atoms with Crippen LogP contribution in [0, 0.1) is 11.7 Å². The third-order valence-electron chi connectivity index (χ3n) is 5.08. The van der Waals surface area contributed by atoms with Gasteiger partial charge in [-0.2, -0.15) is 5.10 Å². The average Bonchev–Trinajstić information content (AvgIpc) is 3.12. The smallest absolute Gasteiger partial charge is 0.253 e. The Morgan fingerprint density at radius 1 is 1.06 bits per heavy atom. The molecule has 0 bridgehead atoms. The van der Waals surface area contributed by atoms with Crippen LogP contribution in [0.4, 0.5) is 0 Å². The number of aromatic nitrogens is 3. The SMILES string of the molecule is CCN(Cc1ccc(C(=O)N(C)C)cc1)C(=O)Cn1c(-c2ccc(C)cc2)n[nH]c1=S. The summed E-state index contributed by atoms with van der Waals surface area (Å²) < 4.78 is 2.13. The first-order valence-electron chi connectivity index (χ1n) is 10.1. The number of nitrogens with zero attached hydrogens (tertiary/aromatic N) is 4. The number of likely N-dealkylation sites (N-methyl/N-ethyl adjacent to an activating group) is 1. The molecule has 0 spiro atoms. The van der Waals surface area contributed by atoms with E-state index < -0.39 is 0 Å². The summed E-state index contributed by atoms with van der Waals surface area (Å²) >= 11 is 5.37. The predicted octanol–water partition coefficient (Wildman–Crippen LogP) is 3.67. The molecule has 0 aliphatic rings. The maximum absolute atomic E-state index is 13.1. The van der Waals surface area contributed by atoms with Crippen LogP contribution in [0.15, 0.2) is 48.5 Å². The Balaban J connectivity index is 1.75. The van der Waals surface area contributed by atoms with Gasteiger partial charge in [0.05, 0.1) is 0 Å². The minimum atomic E-state index is -0.0539. The highest BCUT2D eigenvalue weighted by Gasteiger charge is 2.17. The lowest BCUT2D eigenvalue weighted by atomic mass is 10.1. The van der Waals surface area contributed by atoms with Crippen molar-refractivity contribution in [1.29, 1.82) is 0 Å². The van der Waals surface area contributed by atoms with Gasteiger partial charge in [-0.15, -0.1) is 0 Å². The number of benzene rings is 2. The Labute approximate surface area is 187 Å². The molecule has 0 fully saturated rings. The predicted molar refractivity (Wildman–Crippen MR) is 123 cm³/mol. The van der Waals surface area contributed by atoms with E-state index in [0.717, 1.165) is 16.7 Å². The van der Waals surface area contributed by atoms with Crippen LogP contribution in [-0.2, 0) is 17.9 Å². The molecule has 0 saturated heterocycles. The summed E-state index contributed by atoms with van der Waals surface area (Å²) in [4.78, 5) is 28.4. The van der Waals surface area contributed by atoms with Gasteiger partial charge in [0.25, 0.3) is 5.91 Å². The molecule has 3 aromatic rings. The highest BCUT2D eigenvalue weighted by Crippen LogP contribution is 2.18. The van der Waals surface area contributed by atoms with Crippen molar-refractivity contribution in [2.24, 2.45) is 0 Å². The van der Waals surface area contributed by atoms with Gasteiger partial charge < -0.3 is 9.80 Å². The van der Waals surface area contributed by atoms with E-state index in [1.54, 1.807) is 35.7 Å². The third kappa shape index (κ3) is 5.27. The molecule has 162 valence electrons. The maximum Gasteiger partial charge on any atom is 0.253 e. The number of carbonyl (C=O) groups is 2. The average molecular weight is 438 g/mol. The molecular formula is C23H27N5O2S. The number of aromatic amines is 1. The van der Waals surface area contributed by atoms with Crippen molar-refractivity contribution in [3.8, 4) is 11.4 Å².